The number of hydrogen-bond donors (Lipinski definition) is 2. The SMILES string of the molecule is Cc1cc(C(=O)N[C@@H](CO)Cc2ccccc2)c(C)s1. The second-order valence-electron chi connectivity index (χ2n) is 4.87. The molecule has 1 aromatic heterocycles. The number of rotatable bonds is 5. The van der Waals surface area contributed by atoms with Crippen LogP contribution in [0.1, 0.15) is 25.7 Å². The van der Waals surface area contributed by atoms with Gasteiger partial charge < -0.3 is 10.4 Å². The largest absolute Gasteiger partial charge is 0.394 e. The molecule has 0 unspecified atom stereocenters. The first-order chi connectivity index (χ1) is 9.60. The second kappa shape index (κ2) is 6.68. The topological polar surface area (TPSA) is 49.3 Å². The molecule has 0 saturated heterocycles. The minimum Gasteiger partial charge on any atom is -0.394 e. The van der Waals surface area contributed by atoms with Crippen LogP contribution in [0.5, 0.6) is 0 Å². The van der Waals surface area contributed by atoms with Gasteiger partial charge in [0.05, 0.1) is 18.2 Å². The molecule has 0 saturated carbocycles. The van der Waals surface area contributed by atoms with Crippen molar-refractivity contribution in [2.24, 2.45) is 0 Å². The summed E-state index contributed by atoms with van der Waals surface area (Å²) in [5.74, 6) is -0.109. The van der Waals surface area contributed by atoms with E-state index in [9.17, 15) is 9.90 Å². The molecular formula is C16H19NO2S. The molecule has 0 aliphatic carbocycles. The fraction of sp³-hybridized carbons (Fsp3) is 0.312. The Morgan fingerprint density at radius 3 is 2.55 bits per heavy atom. The molecule has 1 atom stereocenters. The van der Waals surface area contributed by atoms with Gasteiger partial charge in [-0.05, 0) is 31.9 Å². The average Bonchev–Trinajstić information content (AvgIpc) is 2.78. The molecule has 1 heterocycles. The first-order valence-electron chi connectivity index (χ1n) is 6.63. The minimum atomic E-state index is -0.260. The molecule has 3 nitrogen and oxygen atoms in total. The first kappa shape index (κ1) is 14.8. The molecule has 0 radical (unpaired) electrons. The van der Waals surface area contributed by atoms with Crippen molar-refractivity contribution in [1.29, 1.82) is 0 Å². The zero-order chi connectivity index (χ0) is 14.5. The summed E-state index contributed by atoms with van der Waals surface area (Å²) in [6.07, 6.45) is 0.630. The number of nitrogens with one attached hydrogen (secondary N) is 1. The summed E-state index contributed by atoms with van der Waals surface area (Å²) in [7, 11) is 0. The van der Waals surface area contributed by atoms with Crippen molar-refractivity contribution in [2.75, 3.05) is 6.61 Å². The van der Waals surface area contributed by atoms with Crippen LogP contribution in [0, 0.1) is 13.8 Å². The zero-order valence-electron chi connectivity index (χ0n) is 11.7. The Balaban J connectivity index is 2.03. The van der Waals surface area contributed by atoms with Gasteiger partial charge >= 0.3 is 0 Å². The van der Waals surface area contributed by atoms with Crippen LogP contribution in [0.2, 0.25) is 0 Å². The van der Waals surface area contributed by atoms with Crippen molar-refractivity contribution in [3.8, 4) is 0 Å². The van der Waals surface area contributed by atoms with Gasteiger partial charge in [0.2, 0.25) is 0 Å². The summed E-state index contributed by atoms with van der Waals surface area (Å²) in [5.41, 5.74) is 1.81. The lowest BCUT2D eigenvalue weighted by Gasteiger charge is -2.16. The molecule has 106 valence electrons. The fourth-order valence-electron chi connectivity index (χ4n) is 2.18. The van der Waals surface area contributed by atoms with Crippen LogP contribution in [0.15, 0.2) is 36.4 Å². The Kier molecular flexibility index (Phi) is 4.93. The maximum atomic E-state index is 12.2. The second-order valence-corrected chi connectivity index (χ2v) is 6.33. The number of thiophene rings is 1. The van der Waals surface area contributed by atoms with Crippen LogP contribution in [-0.2, 0) is 6.42 Å². The van der Waals surface area contributed by atoms with Gasteiger partial charge in [-0.15, -0.1) is 11.3 Å². The van der Waals surface area contributed by atoms with Gasteiger partial charge in [0, 0.05) is 9.75 Å². The minimum absolute atomic E-state index is 0.0667. The molecule has 2 N–H and O–H groups in total. The Morgan fingerprint density at radius 2 is 2.00 bits per heavy atom. The van der Waals surface area contributed by atoms with Crippen molar-refractivity contribution >= 4 is 17.2 Å². The van der Waals surface area contributed by atoms with Gasteiger partial charge in [0.15, 0.2) is 0 Å². The highest BCUT2D eigenvalue weighted by Crippen LogP contribution is 2.20. The van der Waals surface area contributed by atoms with E-state index >= 15 is 0 Å². The van der Waals surface area contributed by atoms with E-state index in [-0.39, 0.29) is 18.6 Å². The van der Waals surface area contributed by atoms with Crippen molar-refractivity contribution in [2.45, 2.75) is 26.3 Å². The molecule has 0 bridgehead atoms. The smallest absolute Gasteiger partial charge is 0.252 e. The Morgan fingerprint density at radius 1 is 1.30 bits per heavy atom. The van der Waals surface area contributed by atoms with Gasteiger partial charge in [-0.1, -0.05) is 30.3 Å². The standard InChI is InChI=1S/C16H19NO2S/c1-11-8-15(12(2)20-11)16(19)17-14(10-18)9-13-6-4-3-5-7-13/h3-8,14,18H,9-10H2,1-2H3,(H,17,19)/t14-/m1/s1. The molecular weight excluding hydrogens is 270 g/mol. The van der Waals surface area contributed by atoms with E-state index in [4.69, 9.17) is 0 Å². The number of carbonyl (C=O) groups is 1. The van der Waals surface area contributed by atoms with Crippen LogP contribution < -0.4 is 5.32 Å². The maximum Gasteiger partial charge on any atom is 0.252 e. The summed E-state index contributed by atoms with van der Waals surface area (Å²) in [5, 5.41) is 12.3. The number of benzene rings is 1. The van der Waals surface area contributed by atoms with Gasteiger partial charge in [-0.2, -0.15) is 0 Å². The number of aryl methyl sites for hydroxylation is 2. The van der Waals surface area contributed by atoms with E-state index in [2.05, 4.69) is 5.32 Å². The van der Waals surface area contributed by atoms with Crippen LogP contribution in [0.3, 0.4) is 0 Å². The van der Waals surface area contributed by atoms with Crippen LogP contribution >= 0.6 is 11.3 Å². The van der Waals surface area contributed by atoms with Crippen LogP contribution in [0.25, 0.3) is 0 Å². The molecule has 0 fully saturated rings. The molecule has 0 aliphatic rings. The van der Waals surface area contributed by atoms with Gasteiger partial charge in [-0.3, -0.25) is 4.79 Å². The number of carbonyl (C=O) groups excluding carboxylic acids is 1. The number of hydrogen-bond acceptors (Lipinski definition) is 3. The molecule has 1 aromatic carbocycles. The van der Waals surface area contributed by atoms with E-state index in [0.29, 0.717) is 12.0 Å². The van der Waals surface area contributed by atoms with Crippen molar-refractivity contribution in [3.63, 3.8) is 0 Å². The lowest BCUT2D eigenvalue weighted by atomic mass is 10.1. The highest BCUT2D eigenvalue weighted by Gasteiger charge is 2.16. The summed E-state index contributed by atoms with van der Waals surface area (Å²) < 4.78 is 0. The molecule has 2 rings (SSSR count). The van der Waals surface area contributed by atoms with E-state index in [1.165, 1.54) is 0 Å². The predicted molar refractivity (Wildman–Crippen MR) is 82.3 cm³/mol. The first-order valence-corrected chi connectivity index (χ1v) is 7.44. The zero-order valence-corrected chi connectivity index (χ0v) is 12.5. The Labute approximate surface area is 123 Å². The van der Waals surface area contributed by atoms with Crippen molar-refractivity contribution in [3.05, 3.63) is 57.3 Å². The van der Waals surface area contributed by atoms with E-state index in [1.54, 1.807) is 11.3 Å². The third-order valence-corrected chi connectivity index (χ3v) is 4.13. The summed E-state index contributed by atoms with van der Waals surface area (Å²) in [6.45, 7) is 3.86. The summed E-state index contributed by atoms with van der Waals surface area (Å²) in [6, 6.07) is 11.5. The maximum absolute atomic E-state index is 12.2. The quantitative estimate of drug-likeness (QED) is 0.889. The number of amides is 1. The molecule has 20 heavy (non-hydrogen) atoms. The average molecular weight is 289 g/mol. The fourth-order valence-corrected chi connectivity index (χ4v) is 3.10. The van der Waals surface area contributed by atoms with Gasteiger partial charge in [0.1, 0.15) is 0 Å². The summed E-state index contributed by atoms with van der Waals surface area (Å²) in [4.78, 5) is 14.4. The highest BCUT2D eigenvalue weighted by atomic mass is 32.1. The van der Waals surface area contributed by atoms with Crippen molar-refractivity contribution < 1.29 is 9.90 Å². The van der Waals surface area contributed by atoms with Crippen LogP contribution in [0.4, 0.5) is 0 Å². The van der Waals surface area contributed by atoms with E-state index < -0.39 is 0 Å². The predicted octanol–water partition coefficient (Wildman–Crippen LogP) is 2.70. The molecule has 0 aliphatic heterocycles. The van der Waals surface area contributed by atoms with E-state index in [0.717, 1.165) is 15.3 Å². The Hall–Kier alpha value is -1.65. The van der Waals surface area contributed by atoms with E-state index in [1.807, 2.05) is 50.2 Å². The lowest BCUT2D eigenvalue weighted by molar-refractivity contribution is 0.0916. The number of aliphatic hydroxyl groups excluding tert-OH is 1. The molecule has 2 aromatic rings. The van der Waals surface area contributed by atoms with Gasteiger partial charge in [-0.25, -0.2) is 0 Å². The van der Waals surface area contributed by atoms with Gasteiger partial charge in [0.25, 0.3) is 5.91 Å². The third-order valence-electron chi connectivity index (χ3n) is 3.17. The normalized spacial score (nSPS) is 12.2. The number of aliphatic hydroxyl groups is 1. The van der Waals surface area contributed by atoms with Crippen molar-refractivity contribution in [1.82, 2.24) is 5.32 Å². The third kappa shape index (κ3) is 3.68. The molecule has 1 amide bonds. The summed E-state index contributed by atoms with van der Waals surface area (Å²) >= 11 is 1.61. The van der Waals surface area contributed by atoms with Crippen LogP contribution in [-0.4, -0.2) is 23.7 Å². The monoisotopic (exact) mass is 289 g/mol. The Bertz CT molecular complexity index is 577. The highest BCUT2D eigenvalue weighted by molar-refractivity contribution is 7.12. The molecule has 4 heteroatoms. The lowest BCUT2D eigenvalue weighted by Crippen LogP contribution is -2.39. The molecule has 0 spiro atoms.